The molecule has 0 aromatic carbocycles. The molecule has 0 aliphatic carbocycles. The Labute approximate surface area is 114 Å². The maximum atomic E-state index is 12.1. The van der Waals surface area contributed by atoms with E-state index in [1.807, 2.05) is 30.2 Å². The number of nitrogens with zero attached hydrogens (tertiary/aromatic N) is 2. The van der Waals surface area contributed by atoms with Gasteiger partial charge in [-0.15, -0.1) is 0 Å². The fourth-order valence-electron chi connectivity index (χ4n) is 2.47. The van der Waals surface area contributed by atoms with Gasteiger partial charge in [0.25, 0.3) is 0 Å². The Morgan fingerprint density at radius 3 is 3.26 bits per heavy atom. The van der Waals surface area contributed by atoms with Crippen LogP contribution in [-0.4, -0.2) is 42.5 Å². The zero-order chi connectivity index (χ0) is 13.5. The Balaban J connectivity index is 1.90. The van der Waals surface area contributed by atoms with Crippen molar-refractivity contribution in [3.8, 4) is 0 Å². The van der Waals surface area contributed by atoms with Gasteiger partial charge in [0.2, 0.25) is 5.91 Å². The molecule has 4 heteroatoms. The third-order valence-corrected chi connectivity index (χ3v) is 3.43. The molecule has 1 aliphatic rings. The van der Waals surface area contributed by atoms with Gasteiger partial charge in [-0.25, -0.2) is 0 Å². The lowest BCUT2D eigenvalue weighted by molar-refractivity contribution is -0.127. The van der Waals surface area contributed by atoms with Crippen LogP contribution >= 0.6 is 0 Å². The maximum absolute atomic E-state index is 12.1. The van der Waals surface area contributed by atoms with E-state index in [1.54, 1.807) is 18.5 Å². The second kappa shape index (κ2) is 7.04. The molecule has 0 bridgehead atoms. The van der Waals surface area contributed by atoms with Crippen molar-refractivity contribution in [2.75, 3.05) is 26.7 Å². The predicted octanol–water partition coefficient (Wildman–Crippen LogP) is 1.55. The molecule has 0 spiro atoms. The Hall–Kier alpha value is -1.68. The standard InChI is InChI=1S/C15H21N3O/c1-16-10-14-5-3-9-18(12-14)15(19)7-6-13-4-2-8-17-11-13/h2,4,6-8,11,14,16H,3,5,9-10,12H2,1H3. The van der Waals surface area contributed by atoms with Crippen LogP contribution in [0.5, 0.6) is 0 Å². The van der Waals surface area contributed by atoms with E-state index in [2.05, 4.69) is 10.3 Å². The van der Waals surface area contributed by atoms with Crippen LogP contribution in [0.4, 0.5) is 0 Å². The van der Waals surface area contributed by atoms with Crippen LogP contribution in [0.2, 0.25) is 0 Å². The van der Waals surface area contributed by atoms with Crippen molar-refractivity contribution in [1.82, 2.24) is 15.2 Å². The van der Waals surface area contributed by atoms with Gasteiger partial charge in [0.15, 0.2) is 0 Å². The van der Waals surface area contributed by atoms with E-state index in [4.69, 9.17) is 0 Å². The first-order valence-electron chi connectivity index (χ1n) is 6.81. The molecular weight excluding hydrogens is 238 g/mol. The lowest BCUT2D eigenvalue weighted by Gasteiger charge is -2.32. The summed E-state index contributed by atoms with van der Waals surface area (Å²) in [6.07, 6.45) is 9.27. The largest absolute Gasteiger partial charge is 0.339 e. The van der Waals surface area contributed by atoms with Gasteiger partial charge >= 0.3 is 0 Å². The number of carbonyl (C=O) groups excluding carboxylic acids is 1. The zero-order valence-corrected chi connectivity index (χ0v) is 11.4. The van der Waals surface area contributed by atoms with Crippen LogP contribution in [0.25, 0.3) is 6.08 Å². The number of nitrogens with one attached hydrogen (secondary N) is 1. The van der Waals surface area contributed by atoms with Gasteiger partial charge in [0, 0.05) is 31.6 Å². The summed E-state index contributed by atoms with van der Waals surface area (Å²) >= 11 is 0. The van der Waals surface area contributed by atoms with Gasteiger partial charge in [-0.2, -0.15) is 0 Å². The molecule has 1 aromatic heterocycles. The molecule has 1 aliphatic heterocycles. The summed E-state index contributed by atoms with van der Waals surface area (Å²) in [5, 5.41) is 3.19. The van der Waals surface area contributed by atoms with Crippen LogP contribution in [0.3, 0.4) is 0 Å². The normalized spacial score (nSPS) is 19.8. The Morgan fingerprint density at radius 1 is 1.63 bits per heavy atom. The van der Waals surface area contributed by atoms with Crippen LogP contribution in [0.1, 0.15) is 18.4 Å². The molecule has 1 fully saturated rings. The van der Waals surface area contributed by atoms with Crippen LogP contribution in [0.15, 0.2) is 30.6 Å². The van der Waals surface area contributed by atoms with Crippen molar-refractivity contribution >= 4 is 12.0 Å². The average molecular weight is 259 g/mol. The minimum atomic E-state index is 0.102. The second-order valence-corrected chi connectivity index (χ2v) is 4.97. The van der Waals surface area contributed by atoms with Crippen molar-refractivity contribution in [1.29, 1.82) is 0 Å². The molecule has 1 saturated heterocycles. The predicted molar refractivity (Wildman–Crippen MR) is 76.5 cm³/mol. The SMILES string of the molecule is CNCC1CCCN(C(=O)C=Cc2cccnc2)C1. The minimum absolute atomic E-state index is 0.102. The summed E-state index contributed by atoms with van der Waals surface area (Å²) in [6.45, 7) is 2.71. The summed E-state index contributed by atoms with van der Waals surface area (Å²) in [6, 6.07) is 3.81. The first kappa shape index (κ1) is 13.7. The molecule has 1 aromatic rings. The monoisotopic (exact) mass is 259 g/mol. The topological polar surface area (TPSA) is 45.2 Å². The fourth-order valence-corrected chi connectivity index (χ4v) is 2.47. The molecule has 1 atom stereocenters. The fraction of sp³-hybridized carbons (Fsp3) is 0.467. The smallest absolute Gasteiger partial charge is 0.246 e. The molecule has 19 heavy (non-hydrogen) atoms. The van der Waals surface area contributed by atoms with E-state index in [0.717, 1.165) is 31.6 Å². The van der Waals surface area contributed by atoms with Gasteiger partial charge in [0.1, 0.15) is 0 Å². The van der Waals surface area contributed by atoms with E-state index >= 15 is 0 Å². The number of rotatable bonds is 4. The molecular formula is C15H21N3O. The van der Waals surface area contributed by atoms with Gasteiger partial charge in [-0.05, 0) is 50.1 Å². The van der Waals surface area contributed by atoms with E-state index in [-0.39, 0.29) is 5.91 Å². The Morgan fingerprint density at radius 2 is 2.53 bits per heavy atom. The first-order chi connectivity index (χ1) is 9.29. The van der Waals surface area contributed by atoms with Crippen molar-refractivity contribution in [3.63, 3.8) is 0 Å². The van der Waals surface area contributed by atoms with Gasteiger partial charge in [-0.1, -0.05) is 6.07 Å². The van der Waals surface area contributed by atoms with E-state index in [1.165, 1.54) is 6.42 Å². The molecule has 102 valence electrons. The second-order valence-electron chi connectivity index (χ2n) is 4.97. The van der Waals surface area contributed by atoms with Crippen LogP contribution < -0.4 is 5.32 Å². The molecule has 1 amide bonds. The highest BCUT2D eigenvalue weighted by Crippen LogP contribution is 2.16. The maximum Gasteiger partial charge on any atom is 0.246 e. The molecule has 0 radical (unpaired) electrons. The third kappa shape index (κ3) is 4.17. The summed E-state index contributed by atoms with van der Waals surface area (Å²) < 4.78 is 0. The number of amides is 1. The van der Waals surface area contributed by atoms with Gasteiger partial charge in [0.05, 0.1) is 0 Å². The van der Waals surface area contributed by atoms with Gasteiger partial charge < -0.3 is 10.2 Å². The van der Waals surface area contributed by atoms with Crippen molar-refractivity contribution in [3.05, 3.63) is 36.2 Å². The molecule has 1 N–H and O–H groups in total. The highest BCUT2D eigenvalue weighted by molar-refractivity contribution is 5.91. The Kier molecular flexibility index (Phi) is 5.10. The van der Waals surface area contributed by atoms with E-state index < -0.39 is 0 Å². The lowest BCUT2D eigenvalue weighted by atomic mass is 9.98. The average Bonchev–Trinajstić information content (AvgIpc) is 2.46. The summed E-state index contributed by atoms with van der Waals surface area (Å²) in [5.74, 6) is 0.680. The number of aromatic nitrogens is 1. The summed E-state index contributed by atoms with van der Waals surface area (Å²) in [7, 11) is 1.96. The number of carbonyl (C=O) groups is 1. The highest BCUT2D eigenvalue weighted by Gasteiger charge is 2.21. The molecule has 4 nitrogen and oxygen atoms in total. The van der Waals surface area contributed by atoms with Crippen molar-refractivity contribution in [2.24, 2.45) is 5.92 Å². The summed E-state index contributed by atoms with van der Waals surface area (Å²) in [5.41, 5.74) is 0.958. The van der Waals surface area contributed by atoms with Crippen molar-refractivity contribution < 1.29 is 4.79 Å². The quantitative estimate of drug-likeness (QED) is 0.835. The molecule has 0 saturated carbocycles. The Bertz CT molecular complexity index is 428. The first-order valence-corrected chi connectivity index (χ1v) is 6.81. The van der Waals surface area contributed by atoms with Crippen LogP contribution in [0, 0.1) is 5.92 Å². The summed E-state index contributed by atoms with van der Waals surface area (Å²) in [4.78, 5) is 18.1. The molecule has 2 heterocycles. The van der Waals surface area contributed by atoms with Gasteiger partial charge in [-0.3, -0.25) is 9.78 Å². The zero-order valence-electron chi connectivity index (χ0n) is 11.4. The molecule has 1 unspecified atom stereocenters. The van der Waals surface area contributed by atoms with Crippen LogP contribution in [-0.2, 0) is 4.79 Å². The number of pyridine rings is 1. The lowest BCUT2D eigenvalue weighted by Crippen LogP contribution is -2.41. The number of hydrogen-bond acceptors (Lipinski definition) is 3. The van der Waals surface area contributed by atoms with Crippen molar-refractivity contribution in [2.45, 2.75) is 12.8 Å². The van der Waals surface area contributed by atoms with E-state index in [0.29, 0.717) is 5.92 Å². The number of piperidine rings is 1. The molecule has 2 rings (SSSR count). The number of likely N-dealkylation sites (tertiary alicyclic amines) is 1. The third-order valence-electron chi connectivity index (χ3n) is 3.43. The highest BCUT2D eigenvalue weighted by atomic mass is 16.2. The minimum Gasteiger partial charge on any atom is -0.339 e. The van der Waals surface area contributed by atoms with E-state index in [9.17, 15) is 4.79 Å². The number of hydrogen-bond donors (Lipinski definition) is 1.